The number of amidine groups is 1. The van der Waals surface area contributed by atoms with E-state index in [-0.39, 0.29) is 5.91 Å². The van der Waals surface area contributed by atoms with Gasteiger partial charge in [0.1, 0.15) is 6.54 Å². The molecule has 0 bridgehead atoms. The van der Waals surface area contributed by atoms with Crippen LogP contribution in [0.5, 0.6) is 0 Å². The summed E-state index contributed by atoms with van der Waals surface area (Å²) in [4.78, 5) is 13.9. The number of carbonyl (C=O) groups excluding carboxylic acids is 1. The van der Waals surface area contributed by atoms with Crippen molar-refractivity contribution >= 4 is 11.7 Å². The monoisotopic (exact) mass is 282 g/mol. The smallest absolute Gasteiger partial charge is 0.262 e. The largest absolute Gasteiger partial charge is 0.398 e. The number of nitrogens with two attached hydrogens (primary N) is 1. The van der Waals surface area contributed by atoms with Crippen LogP contribution in [-0.2, 0) is 11.2 Å². The van der Waals surface area contributed by atoms with E-state index in [1.165, 1.54) is 5.56 Å². The van der Waals surface area contributed by atoms with Crippen molar-refractivity contribution in [2.45, 2.75) is 12.8 Å². The first-order valence-electron chi connectivity index (χ1n) is 7.07. The number of hydrogen-bond acceptors (Lipinski definition) is 4. The summed E-state index contributed by atoms with van der Waals surface area (Å²) >= 11 is 0. The molecule has 0 saturated heterocycles. The predicted octanol–water partition coefficient (Wildman–Crippen LogP) is 1.45. The molecule has 2 aliphatic heterocycles. The topological polar surface area (TPSA) is 61.9 Å². The SMILES string of the molecule is NC1=CN2CC(=O)N(CCCc3ccccc3)N=C2C=C1. The summed E-state index contributed by atoms with van der Waals surface area (Å²) in [6.07, 6.45) is 7.23. The van der Waals surface area contributed by atoms with Crippen LogP contribution in [0.3, 0.4) is 0 Å². The minimum Gasteiger partial charge on any atom is -0.398 e. The van der Waals surface area contributed by atoms with Crippen LogP contribution in [0.4, 0.5) is 0 Å². The number of benzene rings is 1. The van der Waals surface area contributed by atoms with Crippen molar-refractivity contribution in [3.8, 4) is 0 Å². The molecule has 21 heavy (non-hydrogen) atoms. The minimum absolute atomic E-state index is 0.00571. The van der Waals surface area contributed by atoms with Gasteiger partial charge in [0.25, 0.3) is 5.91 Å². The zero-order chi connectivity index (χ0) is 14.7. The number of rotatable bonds is 4. The Kier molecular flexibility index (Phi) is 3.73. The number of aryl methyl sites for hydroxylation is 1. The van der Waals surface area contributed by atoms with Gasteiger partial charge in [0.2, 0.25) is 0 Å². The van der Waals surface area contributed by atoms with Crippen LogP contribution >= 0.6 is 0 Å². The maximum absolute atomic E-state index is 12.1. The maximum atomic E-state index is 12.1. The molecule has 0 radical (unpaired) electrons. The van der Waals surface area contributed by atoms with E-state index in [0.29, 0.717) is 18.8 Å². The minimum atomic E-state index is 0.00571. The van der Waals surface area contributed by atoms with Gasteiger partial charge in [-0.1, -0.05) is 30.3 Å². The summed E-state index contributed by atoms with van der Waals surface area (Å²) in [5.41, 5.74) is 7.64. The predicted molar refractivity (Wildman–Crippen MR) is 82.0 cm³/mol. The van der Waals surface area contributed by atoms with Crippen molar-refractivity contribution < 1.29 is 4.79 Å². The van der Waals surface area contributed by atoms with Crippen LogP contribution in [0.2, 0.25) is 0 Å². The second-order valence-electron chi connectivity index (χ2n) is 5.15. The first kappa shape index (κ1) is 13.4. The molecule has 0 fully saturated rings. The quantitative estimate of drug-likeness (QED) is 0.909. The Bertz CT molecular complexity index is 618. The molecule has 0 aromatic heterocycles. The highest BCUT2D eigenvalue weighted by Gasteiger charge is 2.25. The Morgan fingerprint density at radius 2 is 2.00 bits per heavy atom. The molecule has 2 N–H and O–H groups in total. The molecule has 1 aromatic carbocycles. The fourth-order valence-electron chi connectivity index (χ4n) is 2.43. The van der Waals surface area contributed by atoms with Gasteiger partial charge >= 0.3 is 0 Å². The molecule has 2 heterocycles. The van der Waals surface area contributed by atoms with E-state index in [2.05, 4.69) is 17.2 Å². The third-order valence-electron chi connectivity index (χ3n) is 3.52. The third kappa shape index (κ3) is 3.13. The summed E-state index contributed by atoms with van der Waals surface area (Å²) in [7, 11) is 0. The highest BCUT2D eigenvalue weighted by Crippen LogP contribution is 2.14. The normalized spacial score (nSPS) is 17.4. The Morgan fingerprint density at radius 1 is 1.19 bits per heavy atom. The molecule has 0 unspecified atom stereocenters. The lowest BCUT2D eigenvalue weighted by Gasteiger charge is -2.31. The van der Waals surface area contributed by atoms with Crippen LogP contribution in [0.1, 0.15) is 12.0 Å². The number of nitrogens with zero attached hydrogens (tertiary/aromatic N) is 3. The molecule has 3 rings (SSSR count). The van der Waals surface area contributed by atoms with Gasteiger partial charge in [-0.2, -0.15) is 5.10 Å². The number of hydrogen-bond donors (Lipinski definition) is 1. The zero-order valence-electron chi connectivity index (χ0n) is 11.8. The summed E-state index contributed by atoms with van der Waals surface area (Å²) in [6.45, 7) is 0.938. The summed E-state index contributed by atoms with van der Waals surface area (Å²) in [6, 6.07) is 10.3. The van der Waals surface area contributed by atoms with Gasteiger partial charge in [-0.3, -0.25) is 4.79 Å². The fourth-order valence-corrected chi connectivity index (χ4v) is 2.43. The summed E-state index contributed by atoms with van der Waals surface area (Å²) < 4.78 is 0. The first-order chi connectivity index (χ1) is 10.2. The first-order valence-corrected chi connectivity index (χ1v) is 7.07. The molecular formula is C16H18N4O. The molecular weight excluding hydrogens is 264 g/mol. The Labute approximate surface area is 124 Å². The third-order valence-corrected chi connectivity index (χ3v) is 3.52. The van der Waals surface area contributed by atoms with Gasteiger partial charge in [-0.15, -0.1) is 0 Å². The average Bonchev–Trinajstić information content (AvgIpc) is 2.49. The van der Waals surface area contributed by atoms with Gasteiger partial charge in [-0.05, 0) is 30.6 Å². The van der Waals surface area contributed by atoms with Crippen molar-refractivity contribution in [1.82, 2.24) is 9.91 Å². The molecule has 0 aliphatic carbocycles. The number of hydrazone groups is 1. The molecule has 5 nitrogen and oxygen atoms in total. The Hall–Kier alpha value is -2.56. The highest BCUT2D eigenvalue weighted by molar-refractivity contribution is 6.00. The van der Waals surface area contributed by atoms with Crippen LogP contribution in [0, 0.1) is 0 Å². The van der Waals surface area contributed by atoms with Gasteiger partial charge in [0.05, 0.1) is 0 Å². The van der Waals surface area contributed by atoms with Crippen molar-refractivity contribution in [2.24, 2.45) is 10.8 Å². The van der Waals surface area contributed by atoms with Gasteiger partial charge in [0.15, 0.2) is 5.84 Å². The highest BCUT2D eigenvalue weighted by atomic mass is 16.2. The molecule has 0 saturated carbocycles. The van der Waals surface area contributed by atoms with Gasteiger partial charge < -0.3 is 10.6 Å². The van der Waals surface area contributed by atoms with Crippen molar-refractivity contribution in [3.05, 3.63) is 59.9 Å². The van der Waals surface area contributed by atoms with Gasteiger partial charge in [-0.25, -0.2) is 5.01 Å². The number of fused-ring (bicyclic) bond motifs is 1. The molecule has 0 atom stereocenters. The number of allylic oxidation sites excluding steroid dienone is 1. The lowest BCUT2D eigenvalue weighted by atomic mass is 10.1. The second-order valence-corrected chi connectivity index (χ2v) is 5.15. The Balaban J connectivity index is 1.60. The standard InChI is InChI=1S/C16H18N4O/c17-14-8-9-15-18-20(16(21)12-19(15)11-14)10-4-7-13-5-2-1-3-6-13/h1-3,5-6,8-9,11H,4,7,10,12,17H2. The van der Waals surface area contributed by atoms with E-state index in [1.54, 1.807) is 22.2 Å². The average molecular weight is 282 g/mol. The molecule has 5 heteroatoms. The fraction of sp³-hybridized carbons (Fsp3) is 0.250. The van der Waals surface area contributed by atoms with Crippen molar-refractivity contribution in [3.63, 3.8) is 0 Å². The van der Waals surface area contributed by atoms with Crippen LogP contribution < -0.4 is 5.73 Å². The maximum Gasteiger partial charge on any atom is 0.262 e. The lowest BCUT2D eigenvalue weighted by Crippen LogP contribution is -2.45. The van der Waals surface area contributed by atoms with Crippen LogP contribution in [0.25, 0.3) is 0 Å². The van der Waals surface area contributed by atoms with Gasteiger partial charge in [0, 0.05) is 18.4 Å². The van der Waals surface area contributed by atoms with Crippen molar-refractivity contribution in [1.29, 1.82) is 0 Å². The van der Waals surface area contributed by atoms with E-state index in [1.807, 2.05) is 24.3 Å². The second kappa shape index (κ2) is 5.83. The number of amides is 1. The Morgan fingerprint density at radius 3 is 2.81 bits per heavy atom. The van der Waals surface area contributed by atoms with E-state index >= 15 is 0 Å². The van der Waals surface area contributed by atoms with E-state index in [9.17, 15) is 4.79 Å². The summed E-state index contributed by atoms with van der Waals surface area (Å²) in [5, 5.41) is 5.95. The van der Waals surface area contributed by atoms with Crippen LogP contribution in [-0.4, -0.2) is 34.7 Å². The molecule has 1 amide bonds. The molecule has 2 aliphatic rings. The van der Waals surface area contributed by atoms with E-state index < -0.39 is 0 Å². The number of carbonyl (C=O) groups is 1. The van der Waals surface area contributed by atoms with E-state index in [0.717, 1.165) is 18.7 Å². The van der Waals surface area contributed by atoms with Crippen molar-refractivity contribution in [2.75, 3.05) is 13.1 Å². The van der Waals surface area contributed by atoms with E-state index in [4.69, 9.17) is 5.73 Å². The van der Waals surface area contributed by atoms with Crippen LogP contribution in [0.15, 0.2) is 59.5 Å². The molecule has 0 spiro atoms. The zero-order valence-corrected chi connectivity index (χ0v) is 11.8. The molecule has 1 aromatic rings. The molecule has 108 valence electrons. The summed E-state index contributed by atoms with van der Waals surface area (Å²) in [5.74, 6) is 0.773. The lowest BCUT2D eigenvalue weighted by molar-refractivity contribution is -0.132.